The maximum atomic E-state index is 12.6. The lowest BCUT2D eigenvalue weighted by Crippen LogP contribution is -2.30. The number of ether oxygens (including phenoxy) is 3. The van der Waals surface area contributed by atoms with Crippen molar-refractivity contribution >= 4 is 17.9 Å². The van der Waals surface area contributed by atoms with Crippen molar-refractivity contribution in [3.63, 3.8) is 0 Å². The van der Waals surface area contributed by atoms with Gasteiger partial charge in [-0.1, -0.05) is 220 Å². The lowest BCUT2D eigenvalue weighted by Gasteiger charge is -2.18. The summed E-state index contributed by atoms with van der Waals surface area (Å²) < 4.78 is 16.6. The predicted molar refractivity (Wildman–Crippen MR) is 224 cm³/mol. The molecule has 0 rings (SSSR count). The van der Waals surface area contributed by atoms with Crippen LogP contribution in [0.1, 0.15) is 259 Å². The Morgan fingerprint density at radius 1 is 0.358 bits per heavy atom. The molecule has 0 N–H and O–H groups in total. The Bertz CT molecular complexity index is 796. The zero-order valence-electron chi connectivity index (χ0n) is 36.0. The van der Waals surface area contributed by atoms with Crippen LogP contribution in [0.25, 0.3) is 0 Å². The van der Waals surface area contributed by atoms with Crippen LogP contribution in [-0.4, -0.2) is 37.2 Å². The molecular formula is C47H90O6. The molecule has 1 atom stereocenters. The van der Waals surface area contributed by atoms with E-state index in [0.717, 1.165) is 70.1 Å². The zero-order valence-corrected chi connectivity index (χ0v) is 36.0. The monoisotopic (exact) mass is 751 g/mol. The molecule has 0 amide bonds. The summed E-state index contributed by atoms with van der Waals surface area (Å²) in [5, 5.41) is 0. The maximum absolute atomic E-state index is 12.6. The minimum atomic E-state index is -0.758. The molecule has 314 valence electrons. The van der Waals surface area contributed by atoms with E-state index < -0.39 is 6.10 Å². The molecule has 6 heteroatoms. The first-order chi connectivity index (χ1) is 25.9. The summed E-state index contributed by atoms with van der Waals surface area (Å²) in [4.78, 5) is 37.5. The summed E-state index contributed by atoms with van der Waals surface area (Å²) in [5.74, 6) is -0.0621. The van der Waals surface area contributed by atoms with E-state index in [-0.39, 0.29) is 31.1 Å². The number of rotatable bonds is 42. The number of unbranched alkanes of at least 4 members (excludes halogenated alkanes) is 29. The predicted octanol–water partition coefficient (Wildman–Crippen LogP) is 14.7. The van der Waals surface area contributed by atoms with Crippen LogP contribution in [0.2, 0.25) is 0 Å². The molecule has 0 aliphatic carbocycles. The summed E-state index contributed by atoms with van der Waals surface area (Å²) in [7, 11) is 0. The van der Waals surface area contributed by atoms with Gasteiger partial charge in [0, 0.05) is 19.3 Å². The molecule has 0 saturated heterocycles. The Labute approximate surface area is 329 Å². The first-order valence-corrected chi connectivity index (χ1v) is 23.4. The van der Waals surface area contributed by atoms with Gasteiger partial charge < -0.3 is 14.2 Å². The maximum Gasteiger partial charge on any atom is 0.306 e. The van der Waals surface area contributed by atoms with Gasteiger partial charge >= 0.3 is 17.9 Å². The van der Waals surface area contributed by atoms with E-state index in [1.807, 2.05) is 0 Å². The van der Waals surface area contributed by atoms with Crippen LogP contribution in [0.4, 0.5) is 0 Å². The Morgan fingerprint density at radius 3 is 0.925 bits per heavy atom. The van der Waals surface area contributed by atoms with Gasteiger partial charge in [-0.15, -0.1) is 0 Å². The third-order valence-electron chi connectivity index (χ3n) is 10.5. The molecule has 0 fully saturated rings. The summed E-state index contributed by atoms with van der Waals surface area (Å²) >= 11 is 0. The Kier molecular flexibility index (Phi) is 40.3. The highest BCUT2D eigenvalue weighted by molar-refractivity contribution is 5.71. The Morgan fingerprint density at radius 2 is 0.623 bits per heavy atom. The van der Waals surface area contributed by atoms with Gasteiger partial charge in [-0.2, -0.15) is 0 Å². The molecule has 0 aromatic rings. The average molecular weight is 751 g/mol. The summed E-state index contributed by atoms with van der Waals surface area (Å²) in [5.41, 5.74) is 0. The van der Waals surface area contributed by atoms with Gasteiger partial charge in [0.1, 0.15) is 13.2 Å². The van der Waals surface area contributed by atoms with Crippen molar-refractivity contribution in [3.8, 4) is 0 Å². The summed E-state index contributed by atoms with van der Waals surface area (Å²) in [6.07, 6.45) is 41.2. The van der Waals surface area contributed by atoms with Gasteiger partial charge in [0.25, 0.3) is 0 Å². The highest BCUT2D eigenvalue weighted by atomic mass is 16.6. The van der Waals surface area contributed by atoms with Gasteiger partial charge in [0.05, 0.1) is 0 Å². The molecule has 0 aliphatic rings. The van der Waals surface area contributed by atoms with Crippen molar-refractivity contribution in [1.29, 1.82) is 0 Å². The summed E-state index contributed by atoms with van der Waals surface area (Å²) in [6, 6.07) is 0. The quantitative estimate of drug-likeness (QED) is 0.0351. The van der Waals surface area contributed by atoms with Crippen LogP contribution in [-0.2, 0) is 28.6 Å². The van der Waals surface area contributed by atoms with Gasteiger partial charge in [-0.05, 0) is 25.2 Å². The largest absolute Gasteiger partial charge is 0.462 e. The van der Waals surface area contributed by atoms with Crippen molar-refractivity contribution in [3.05, 3.63) is 0 Å². The van der Waals surface area contributed by atoms with Crippen LogP contribution in [0, 0.1) is 5.92 Å². The normalized spacial score (nSPS) is 11.9. The van der Waals surface area contributed by atoms with Crippen molar-refractivity contribution < 1.29 is 28.6 Å². The van der Waals surface area contributed by atoms with Gasteiger partial charge in [0.15, 0.2) is 6.10 Å². The molecular weight excluding hydrogens is 661 g/mol. The van der Waals surface area contributed by atoms with E-state index in [0.29, 0.717) is 19.3 Å². The first-order valence-electron chi connectivity index (χ1n) is 23.4. The molecule has 0 radical (unpaired) electrons. The minimum absolute atomic E-state index is 0.0649. The van der Waals surface area contributed by atoms with E-state index in [9.17, 15) is 14.4 Å². The van der Waals surface area contributed by atoms with E-state index in [1.54, 1.807) is 0 Å². The second kappa shape index (κ2) is 41.6. The van der Waals surface area contributed by atoms with Crippen molar-refractivity contribution in [2.24, 2.45) is 5.92 Å². The highest BCUT2D eigenvalue weighted by Crippen LogP contribution is 2.16. The molecule has 53 heavy (non-hydrogen) atoms. The SMILES string of the molecule is CCCCCCCCCCCCCCCCCCCCC(=O)OC[C@H](COC(=O)CCCCCCC)OC(=O)CCCCCCCCCCCC(C)C. The summed E-state index contributed by atoms with van der Waals surface area (Å²) in [6.45, 7) is 8.90. The van der Waals surface area contributed by atoms with Crippen LogP contribution < -0.4 is 0 Å². The van der Waals surface area contributed by atoms with Crippen LogP contribution in [0.5, 0.6) is 0 Å². The fourth-order valence-electron chi connectivity index (χ4n) is 6.98. The molecule has 0 aliphatic heterocycles. The minimum Gasteiger partial charge on any atom is -0.462 e. The number of hydrogen-bond donors (Lipinski definition) is 0. The van der Waals surface area contributed by atoms with E-state index in [4.69, 9.17) is 14.2 Å². The number of carbonyl (C=O) groups is 3. The Balaban J connectivity index is 4.12. The Hall–Kier alpha value is -1.59. The molecule has 0 aromatic heterocycles. The van der Waals surface area contributed by atoms with E-state index in [2.05, 4.69) is 27.7 Å². The highest BCUT2D eigenvalue weighted by Gasteiger charge is 2.19. The van der Waals surface area contributed by atoms with Gasteiger partial charge in [-0.25, -0.2) is 0 Å². The molecule has 0 saturated carbocycles. The lowest BCUT2D eigenvalue weighted by atomic mass is 10.0. The third kappa shape index (κ3) is 41.4. The fraction of sp³-hybridized carbons (Fsp3) is 0.936. The number of carbonyl (C=O) groups excluding carboxylic acids is 3. The molecule has 0 bridgehead atoms. The third-order valence-corrected chi connectivity index (χ3v) is 10.5. The molecule has 0 unspecified atom stereocenters. The molecule has 0 aromatic carbocycles. The molecule has 6 nitrogen and oxygen atoms in total. The standard InChI is InChI=1S/C47H90O6/c1-5-7-9-11-12-13-14-15-16-17-18-19-20-21-24-27-31-35-39-46(49)52-42-44(41-51-45(48)38-34-29-10-8-6-2)53-47(50)40-36-32-28-25-22-23-26-30-33-37-43(3)4/h43-44H,5-42H2,1-4H3/t44-/m0/s1. The molecule has 0 spiro atoms. The van der Waals surface area contributed by atoms with Crippen LogP contribution in [0.15, 0.2) is 0 Å². The first kappa shape index (κ1) is 51.4. The number of hydrogen-bond acceptors (Lipinski definition) is 6. The second-order valence-electron chi connectivity index (χ2n) is 16.5. The second-order valence-corrected chi connectivity index (χ2v) is 16.5. The average Bonchev–Trinajstić information content (AvgIpc) is 3.14. The lowest BCUT2D eigenvalue weighted by molar-refractivity contribution is -0.167. The van der Waals surface area contributed by atoms with Crippen LogP contribution >= 0.6 is 0 Å². The van der Waals surface area contributed by atoms with E-state index in [1.165, 1.54) is 148 Å². The van der Waals surface area contributed by atoms with Gasteiger partial charge in [0.2, 0.25) is 0 Å². The molecule has 0 heterocycles. The van der Waals surface area contributed by atoms with Gasteiger partial charge in [-0.3, -0.25) is 14.4 Å². The fourth-order valence-corrected chi connectivity index (χ4v) is 6.98. The smallest absolute Gasteiger partial charge is 0.306 e. The van der Waals surface area contributed by atoms with Crippen LogP contribution in [0.3, 0.4) is 0 Å². The zero-order chi connectivity index (χ0) is 38.9. The topological polar surface area (TPSA) is 78.9 Å². The van der Waals surface area contributed by atoms with Crippen molar-refractivity contribution in [1.82, 2.24) is 0 Å². The van der Waals surface area contributed by atoms with Crippen molar-refractivity contribution in [2.75, 3.05) is 13.2 Å². The number of esters is 3. The van der Waals surface area contributed by atoms with E-state index >= 15 is 0 Å². The van der Waals surface area contributed by atoms with Crippen molar-refractivity contribution in [2.45, 2.75) is 265 Å².